The fraction of sp³-hybridized carbons (Fsp3) is 0.500. The van der Waals surface area contributed by atoms with Crippen molar-refractivity contribution in [3.8, 4) is 18.1 Å². The third-order valence-electron chi connectivity index (χ3n) is 3.51. The van der Waals surface area contributed by atoms with Crippen LogP contribution < -0.4 is 4.74 Å². The first kappa shape index (κ1) is 15.8. The molecular formula is C16H20O5. The lowest BCUT2D eigenvalue weighted by atomic mass is 9.96. The first-order valence-electron chi connectivity index (χ1n) is 6.99. The van der Waals surface area contributed by atoms with E-state index in [0.717, 1.165) is 6.42 Å². The van der Waals surface area contributed by atoms with E-state index in [1.54, 1.807) is 24.3 Å². The number of ether oxygens (including phenoxy) is 2. The Balaban J connectivity index is 2.08. The van der Waals surface area contributed by atoms with Crippen LogP contribution in [0.2, 0.25) is 0 Å². The molecule has 0 unspecified atom stereocenters. The van der Waals surface area contributed by atoms with Gasteiger partial charge in [0.25, 0.3) is 0 Å². The molecule has 5 nitrogen and oxygen atoms in total. The summed E-state index contributed by atoms with van der Waals surface area (Å²) in [6.07, 6.45) is 1.29. The zero-order valence-electron chi connectivity index (χ0n) is 11.8. The van der Waals surface area contributed by atoms with Crippen LogP contribution in [0.1, 0.15) is 25.3 Å². The Labute approximate surface area is 124 Å². The summed E-state index contributed by atoms with van der Waals surface area (Å²) in [4.78, 5) is 0. The predicted octanol–water partition coefficient (Wildman–Crippen LogP) is 0.654. The zero-order valence-corrected chi connectivity index (χ0v) is 11.8. The summed E-state index contributed by atoms with van der Waals surface area (Å²) in [6, 6.07) is 6.74. The molecule has 0 bridgehead atoms. The van der Waals surface area contributed by atoms with Crippen molar-refractivity contribution in [1.82, 2.24) is 0 Å². The summed E-state index contributed by atoms with van der Waals surface area (Å²) in [5.74, 6) is 2.96. The van der Waals surface area contributed by atoms with Crippen molar-refractivity contribution in [2.24, 2.45) is 0 Å². The Bertz CT molecular complexity index is 492. The highest BCUT2D eigenvalue weighted by atomic mass is 16.7. The number of aliphatic hydroxyl groups is 3. The van der Waals surface area contributed by atoms with Crippen LogP contribution in [0.15, 0.2) is 24.3 Å². The minimum atomic E-state index is -1.32. The lowest BCUT2D eigenvalue weighted by Gasteiger charge is -2.40. The highest BCUT2D eigenvalue weighted by molar-refractivity contribution is 5.36. The molecule has 3 N–H and O–H groups in total. The summed E-state index contributed by atoms with van der Waals surface area (Å²) >= 11 is 0. The molecule has 5 heteroatoms. The van der Waals surface area contributed by atoms with Crippen molar-refractivity contribution < 1.29 is 24.8 Å². The van der Waals surface area contributed by atoms with Gasteiger partial charge in [0.15, 0.2) is 0 Å². The van der Waals surface area contributed by atoms with Crippen LogP contribution in [0.5, 0.6) is 5.75 Å². The molecule has 21 heavy (non-hydrogen) atoms. The summed E-state index contributed by atoms with van der Waals surface area (Å²) in [6.45, 7) is 1.95. The van der Waals surface area contributed by atoms with E-state index in [0.29, 0.717) is 17.7 Å². The molecule has 1 fully saturated rings. The van der Waals surface area contributed by atoms with Gasteiger partial charge in [-0.3, -0.25) is 0 Å². The summed E-state index contributed by atoms with van der Waals surface area (Å²) in [7, 11) is 0. The molecule has 0 aromatic heterocycles. The van der Waals surface area contributed by atoms with Crippen molar-refractivity contribution in [2.75, 3.05) is 0 Å². The van der Waals surface area contributed by atoms with Gasteiger partial charge in [-0.1, -0.05) is 19.3 Å². The van der Waals surface area contributed by atoms with Gasteiger partial charge >= 0.3 is 0 Å². The van der Waals surface area contributed by atoms with E-state index < -0.39 is 30.7 Å². The monoisotopic (exact) mass is 292 g/mol. The Hall–Kier alpha value is -1.58. The van der Waals surface area contributed by atoms with Crippen LogP contribution in [-0.4, -0.2) is 46.0 Å². The third-order valence-corrected chi connectivity index (χ3v) is 3.51. The van der Waals surface area contributed by atoms with Gasteiger partial charge in [0.1, 0.15) is 24.1 Å². The van der Waals surface area contributed by atoms with Crippen LogP contribution in [0.4, 0.5) is 0 Å². The van der Waals surface area contributed by atoms with Crippen LogP contribution >= 0.6 is 0 Å². The molecule has 1 saturated heterocycles. The van der Waals surface area contributed by atoms with Gasteiger partial charge in [0.05, 0.1) is 6.10 Å². The Morgan fingerprint density at radius 3 is 2.38 bits per heavy atom. The molecule has 0 amide bonds. The van der Waals surface area contributed by atoms with Gasteiger partial charge < -0.3 is 24.8 Å². The molecule has 1 aliphatic heterocycles. The van der Waals surface area contributed by atoms with Crippen LogP contribution in [-0.2, 0) is 4.74 Å². The second-order valence-corrected chi connectivity index (χ2v) is 5.09. The Kier molecular flexibility index (Phi) is 5.21. The maximum Gasteiger partial charge on any atom is 0.229 e. The SMILES string of the molecule is C#Cc1ccc(O[C@H]2O[C@H](CCC)[C@@H](O)[C@H](O)[C@@H]2O)cc1. The molecule has 1 aromatic carbocycles. The predicted molar refractivity (Wildman–Crippen MR) is 76.6 cm³/mol. The van der Waals surface area contributed by atoms with E-state index in [1.165, 1.54) is 0 Å². The first-order chi connectivity index (χ1) is 10.1. The maximum atomic E-state index is 9.96. The van der Waals surface area contributed by atoms with Crippen LogP contribution in [0.25, 0.3) is 0 Å². The molecule has 0 spiro atoms. The zero-order chi connectivity index (χ0) is 15.4. The molecule has 114 valence electrons. The fourth-order valence-corrected chi connectivity index (χ4v) is 2.30. The Morgan fingerprint density at radius 1 is 1.14 bits per heavy atom. The lowest BCUT2D eigenvalue weighted by molar-refractivity contribution is -0.273. The van der Waals surface area contributed by atoms with Crippen molar-refractivity contribution in [2.45, 2.75) is 50.5 Å². The molecule has 5 atom stereocenters. The molecule has 0 aliphatic carbocycles. The van der Waals surface area contributed by atoms with E-state index in [9.17, 15) is 15.3 Å². The fourth-order valence-electron chi connectivity index (χ4n) is 2.30. The Morgan fingerprint density at radius 2 is 1.81 bits per heavy atom. The topological polar surface area (TPSA) is 79.2 Å². The molecule has 0 saturated carbocycles. The highest BCUT2D eigenvalue weighted by Gasteiger charge is 2.44. The summed E-state index contributed by atoms with van der Waals surface area (Å²) in [5.41, 5.74) is 0.715. The minimum Gasteiger partial charge on any atom is -0.462 e. The number of benzene rings is 1. The largest absolute Gasteiger partial charge is 0.462 e. The van der Waals surface area contributed by atoms with Gasteiger partial charge in [-0.15, -0.1) is 6.42 Å². The van der Waals surface area contributed by atoms with Crippen molar-refractivity contribution in [3.63, 3.8) is 0 Å². The smallest absolute Gasteiger partial charge is 0.229 e. The number of rotatable bonds is 4. The highest BCUT2D eigenvalue weighted by Crippen LogP contribution is 2.26. The minimum absolute atomic E-state index is 0.469. The molecule has 2 rings (SSSR count). The van der Waals surface area contributed by atoms with Gasteiger partial charge in [0.2, 0.25) is 6.29 Å². The van der Waals surface area contributed by atoms with Crippen molar-refractivity contribution >= 4 is 0 Å². The van der Waals surface area contributed by atoms with Gasteiger partial charge in [-0.2, -0.15) is 0 Å². The molecule has 1 aromatic rings. The standard InChI is InChI=1S/C16H20O5/c1-3-5-12-13(17)14(18)15(19)16(21-12)20-11-8-6-10(4-2)7-9-11/h2,6-9,12-19H,3,5H2,1H3/t12-,13-,14+,15+,16+/m1/s1. The quantitative estimate of drug-likeness (QED) is 0.710. The van der Waals surface area contributed by atoms with Crippen LogP contribution in [0, 0.1) is 12.3 Å². The number of hydrogen-bond acceptors (Lipinski definition) is 5. The number of terminal acetylenes is 1. The van der Waals surface area contributed by atoms with E-state index in [4.69, 9.17) is 15.9 Å². The second kappa shape index (κ2) is 6.92. The summed E-state index contributed by atoms with van der Waals surface area (Å²) in [5, 5.41) is 29.7. The average molecular weight is 292 g/mol. The lowest BCUT2D eigenvalue weighted by Crippen LogP contribution is -2.59. The molecule has 1 aliphatic rings. The van der Waals surface area contributed by atoms with Gasteiger partial charge in [0, 0.05) is 5.56 Å². The van der Waals surface area contributed by atoms with E-state index in [-0.39, 0.29) is 0 Å². The van der Waals surface area contributed by atoms with Crippen molar-refractivity contribution in [1.29, 1.82) is 0 Å². The molecule has 0 radical (unpaired) electrons. The third kappa shape index (κ3) is 3.55. The van der Waals surface area contributed by atoms with E-state index >= 15 is 0 Å². The molecular weight excluding hydrogens is 272 g/mol. The summed E-state index contributed by atoms with van der Waals surface area (Å²) < 4.78 is 11.1. The van der Waals surface area contributed by atoms with Crippen molar-refractivity contribution in [3.05, 3.63) is 29.8 Å². The normalized spacial score (nSPS) is 32.4. The second-order valence-electron chi connectivity index (χ2n) is 5.09. The first-order valence-corrected chi connectivity index (χ1v) is 6.99. The average Bonchev–Trinajstić information content (AvgIpc) is 2.51. The van der Waals surface area contributed by atoms with Gasteiger partial charge in [-0.25, -0.2) is 0 Å². The molecule has 1 heterocycles. The van der Waals surface area contributed by atoms with E-state index in [1.807, 2.05) is 6.92 Å². The van der Waals surface area contributed by atoms with Gasteiger partial charge in [-0.05, 0) is 30.7 Å². The number of hydrogen-bond donors (Lipinski definition) is 3. The van der Waals surface area contributed by atoms with E-state index in [2.05, 4.69) is 5.92 Å². The maximum absolute atomic E-state index is 9.96. The number of aliphatic hydroxyl groups excluding tert-OH is 3. The van der Waals surface area contributed by atoms with Crippen LogP contribution in [0.3, 0.4) is 0 Å².